The maximum absolute atomic E-state index is 12.5. The molecule has 0 atom stereocenters. The summed E-state index contributed by atoms with van der Waals surface area (Å²) in [4.78, 5) is 4.14. The molecule has 1 aliphatic rings. The van der Waals surface area contributed by atoms with Gasteiger partial charge in [0.2, 0.25) is 0 Å². The van der Waals surface area contributed by atoms with Crippen molar-refractivity contribution in [2.45, 2.75) is 18.3 Å². The van der Waals surface area contributed by atoms with Crippen LogP contribution in [0.15, 0.2) is 24.4 Å². The summed E-state index contributed by atoms with van der Waals surface area (Å²) in [5, 5.41) is 0. The number of hydrogen-bond acceptors (Lipinski definition) is 1. The van der Waals surface area contributed by atoms with Crippen LogP contribution in [0.3, 0.4) is 0 Å². The Hall–Kier alpha value is -0.920. The molecule has 0 saturated heterocycles. The SMILES string of the molecule is FCC1(c2ccccn2)CC1. The van der Waals surface area contributed by atoms with Gasteiger partial charge in [0, 0.05) is 17.3 Å². The van der Waals surface area contributed by atoms with Crippen molar-refractivity contribution in [1.29, 1.82) is 0 Å². The molecule has 1 nitrogen and oxygen atoms in total. The second-order valence-electron chi connectivity index (χ2n) is 3.13. The van der Waals surface area contributed by atoms with Gasteiger partial charge in [0.1, 0.15) is 6.67 Å². The molecular weight excluding hydrogens is 141 g/mol. The number of nitrogens with zero attached hydrogens (tertiary/aromatic N) is 1. The Kier molecular flexibility index (Phi) is 1.41. The molecule has 0 aliphatic heterocycles. The summed E-state index contributed by atoms with van der Waals surface area (Å²) >= 11 is 0. The van der Waals surface area contributed by atoms with E-state index in [2.05, 4.69) is 4.98 Å². The Morgan fingerprint density at radius 1 is 1.45 bits per heavy atom. The van der Waals surface area contributed by atoms with Crippen LogP contribution in [0.25, 0.3) is 0 Å². The third-order valence-electron chi connectivity index (χ3n) is 2.32. The van der Waals surface area contributed by atoms with Gasteiger partial charge in [0.15, 0.2) is 0 Å². The first-order valence-electron chi connectivity index (χ1n) is 3.85. The van der Waals surface area contributed by atoms with Crippen LogP contribution in [0.4, 0.5) is 4.39 Å². The van der Waals surface area contributed by atoms with Gasteiger partial charge in [-0.2, -0.15) is 0 Å². The van der Waals surface area contributed by atoms with Crippen molar-refractivity contribution in [1.82, 2.24) is 4.98 Å². The molecule has 0 aromatic carbocycles. The standard InChI is InChI=1S/C9H10FN/c10-7-9(4-5-9)8-3-1-2-6-11-8/h1-3,6H,4-5,7H2. The van der Waals surface area contributed by atoms with Crippen molar-refractivity contribution in [2.75, 3.05) is 6.67 Å². The lowest BCUT2D eigenvalue weighted by Gasteiger charge is -2.07. The van der Waals surface area contributed by atoms with Crippen molar-refractivity contribution >= 4 is 0 Å². The van der Waals surface area contributed by atoms with Crippen LogP contribution in [0.1, 0.15) is 18.5 Å². The average molecular weight is 151 g/mol. The maximum atomic E-state index is 12.5. The first-order chi connectivity index (χ1) is 5.37. The molecule has 1 aromatic heterocycles. The zero-order valence-corrected chi connectivity index (χ0v) is 6.26. The minimum Gasteiger partial charge on any atom is -0.261 e. The summed E-state index contributed by atoms with van der Waals surface area (Å²) in [6.45, 7) is -0.260. The second-order valence-corrected chi connectivity index (χ2v) is 3.13. The number of halogens is 1. The molecule has 1 fully saturated rings. The van der Waals surface area contributed by atoms with Gasteiger partial charge in [-0.15, -0.1) is 0 Å². The summed E-state index contributed by atoms with van der Waals surface area (Å²) in [6.07, 6.45) is 3.64. The predicted octanol–water partition coefficient (Wildman–Crippen LogP) is 2.08. The third-order valence-corrected chi connectivity index (χ3v) is 2.32. The summed E-state index contributed by atoms with van der Waals surface area (Å²) in [5.74, 6) is 0. The number of hydrogen-bond donors (Lipinski definition) is 0. The highest BCUT2D eigenvalue weighted by Crippen LogP contribution is 2.47. The lowest BCUT2D eigenvalue weighted by Crippen LogP contribution is -2.10. The molecule has 2 rings (SSSR count). The van der Waals surface area contributed by atoms with Gasteiger partial charge in [-0.05, 0) is 25.0 Å². The van der Waals surface area contributed by atoms with E-state index in [0.29, 0.717) is 0 Å². The van der Waals surface area contributed by atoms with E-state index in [4.69, 9.17) is 0 Å². The van der Waals surface area contributed by atoms with E-state index in [9.17, 15) is 4.39 Å². The first-order valence-corrected chi connectivity index (χ1v) is 3.85. The normalized spacial score (nSPS) is 19.7. The van der Waals surface area contributed by atoms with Crippen molar-refractivity contribution in [3.63, 3.8) is 0 Å². The summed E-state index contributed by atoms with van der Waals surface area (Å²) < 4.78 is 12.5. The lowest BCUT2D eigenvalue weighted by atomic mass is 10.0. The molecule has 0 spiro atoms. The molecular formula is C9H10FN. The molecule has 0 unspecified atom stereocenters. The maximum Gasteiger partial charge on any atom is 0.101 e. The average Bonchev–Trinajstić information content (AvgIpc) is 2.86. The van der Waals surface area contributed by atoms with E-state index in [1.807, 2.05) is 18.2 Å². The third kappa shape index (κ3) is 1.02. The van der Waals surface area contributed by atoms with E-state index < -0.39 is 0 Å². The Morgan fingerprint density at radius 2 is 2.27 bits per heavy atom. The van der Waals surface area contributed by atoms with Gasteiger partial charge < -0.3 is 0 Å². The van der Waals surface area contributed by atoms with Gasteiger partial charge >= 0.3 is 0 Å². The minimum absolute atomic E-state index is 0.193. The van der Waals surface area contributed by atoms with Gasteiger partial charge in [0.05, 0.1) is 0 Å². The molecule has 0 N–H and O–H groups in total. The number of pyridine rings is 1. The van der Waals surface area contributed by atoms with Crippen molar-refractivity contribution in [3.05, 3.63) is 30.1 Å². The quantitative estimate of drug-likeness (QED) is 0.630. The molecule has 1 aromatic rings. The summed E-state index contributed by atoms with van der Waals surface area (Å²) in [5.41, 5.74) is 0.726. The van der Waals surface area contributed by atoms with Crippen molar-refractivity contribution in [3.8, 4) is 0 Å². The van der Waals surface area contributed by atoms with Crippen molar-refractivity contribution < 1.29 is 4.39 Å². The number of alkyl halides is 1. The first kappa shape index (κ1) is 6.77. The fraction of sp³-hybridized carbons (Fsp3) is 0.444. The molecule has 58 valence electrons. The highest BCUT2D eigenvalue weighted by molar-refractivity contribution is 5.24. The molecule has 2 heteroatoms. The highest BCUT2D eigenvalue weighted by Gasteiger charge is 2.45. The van der Waals surface area contributed by atoms with E-state index >= 15 is 0 Å². The molecule has 1 aliphatic carbocycles. The lowest BCUT2D eigenvalue weighted by molar-refractivity contribution is 0.412. The van der Waals surface area contributed by atoms with Crippen LogP contribution in [-0.4, -0.2) is 11.7 Å². The van der Waals surface area contributed by atoms with E-state index in [-0.39, 0.29) is 12.1 Å². The molecule has 1 heterocycles. The topological polar surface area (TPSA) is 12.9 Å². The summed E-state index contributed by atoms with van der Waals surface area (Å²) in [7, 11) is 0. The molecule has 11 heavy (non-hydrogen) atoms. The smallest absolute Gasteiger partial charge is 0.101 e. The molecule has 1 saturated carbocycles. The number of rotatable bonds is 2. The van der Waals surface area contributed by atoms with Crippen LogP contribution < -0.4 is 0 Å². The molecule has 0 bridgehead atoms. The van der Waals surface area contributed by atoms with Gasteiger partial charge in [-0.3, -0.25) is 9.37 Å². The number of aromatic nitrogens is 1. The Balaban J connectivity index is 2.30. The zero-order valence-electron chi connectivity index (χ0n) is 6.26. The Bertz CT molecular complexity index is 241. The van der Waals surface area contributed by atoms with Crippen LogP contribution in [-0.2, 0) is 5.41 Å². The molecule has 0 amide bonds. The monoisotopic (exact) mass is 151 g/mol. The van der Waals surface area contributed by atoms with E-state index in [1.165, 1.54) is 0 Å². The van der Waals surface area contributed by atoms with E-state index in [0.717, 1.165) is 18.5 Å². The van der Waals surface area contributed by atoms with Crippen LogP contribution in [0, 0.1) is 0 Å². The highest BCUT2D eigenvalue weighted by atomic mass is 19.1. The van der Waals surface area contributed by atoms with Gasteiger partial charge in [-0.1, -0.05) is 6.07 Å². The Labute approximate surface area is 65.3 Å². The fourth-order valence-electron chi connectivity index (χ4n) is 1.29. The zero-order chi connectivity index (χ0) is 7.73. The van der Waals surface area contributed by atoms with Crippen LogP contribution >= 0.6 is 0 Å². The van der Waals surface area contributed by atoms with Gasteiger partial charge in [-0.25, -0.2) is 0 Å². The second kappa shape index (κ2) is 2.29. The minimum atomic E-state index is -0.260. The Morgan fingerprint density at radius 3 is 2.73 bits per heavy atom. The predicted molar refractivity (Wildman–Crippen MR) is 41.1 cm³/mol. The molecule has 0 radical (unpaired) electrons. The largest absolute Gasteiger partial charge is 0.261 e. The van der Waals surface area contributed by atoms with Crippen LogP contribution in [0.2, 0.25) is 0 Å². The van der Waals surface area contributed by atoms with E-state index in [1.54, 1.807) is 6.20 Å². The van der Waals surface area contributed by atoms with Crippen molar-refractivity contribution in [2.24, 2.45) is 0 Å². The van der Waals surface area contributed by atoms with Gasteiger partial charge in [0.25, 0.3) is 0 Å². The fourth-order valence-corrected chi connectivity index (χ4v) is 1.29. The van der Waals surface area contributed by atoms with Crippen LogP contribution in [0.5, 0.6) is 0 Å². The summed E-state index contributed by atoms with van der Waals surface area (Å²) in [6, 6.07) is 5.68.